The molecule has 0 spiro atoms. The van der Waals surface area contributed by atoms with Crippen LogP contribution in [0.2, 0.25) is 10.0 Å². The number of halogens is 2. The average molecular weight is 322 g/mol. The number of rotatable bonds is 4. The summed E-state index contributed by atoms with van der Waals surface area (Å²) in [4.78, 5) is 12.2. The van der Waals surface area contributed by atoms with Crippen molar-refractivity contribution in [2.75, 3.05) is 5.32 Å². The first-order valence-electron chi connectivity index (χ1n) is 6.87. The zero-order valence-electron chi connectivity index (χ0n) is 12.0. The molecular weight excluding hydrogens is 305 g/mol. The van der Waals surface area contributed by atoms with Crippen molar-refractivity contribution in [3.63, 3.8) is 0 Å². The van der Waals surface area contributed by atoms with Crippen molar-refractivity contribution in [1.29, 1.82) is 0 Å². The summed E-state index contributed by atoms with van der Waals surface area (Å²) in [6.45, 7) is 4.34. The monoisotopic (exact) mass is 321 g/mol. The van der Waals surface area contributed by atoms with Crippen LogP contribution in [0, 0.1) is 0 Å². The predicted octanol–water partition coefficient (Wildman–Crippen LogP) is 5.76. The summed E-state index contributed by atoms with van der Waals surface area (Å²) >= 11 is 11.9. The summed E-state index contributed by atoms with van der Waals surface area (Å²) in [7, 11) is 0. The van der Waals surface area contributed by atoms with E-state index in [0.717, 1.165) is 12.1 Å². The Morgan fingerprint density at radius 2 is 1.81 bits per heavy atom. The average Bonchev–Trinajstić information content (AvgIpc) is 2.47. The first-order chi connectivity index (χ1) is 10.0. The fourth-order valence-corrected chi connectivity index (χ4v) is 2.50. The second kappa shape index (κ2) is 6.97. The number of carbonyl (C=O) groups excluding carboxylic acids is 1. The Balaban J connectivity index is 2.12. The van der Waals surface area contributed by atoms with Gasteiger partial charge >= 0.3 is 0 Å². The molecule has 110 valence electrons. The second-order valence-corrected chi connectivity index (χ2v) is 5.85. The van der Waals surface area contributed by atoms with E-state index in [1.807, 2.05) is 24.3 Å². The normalized spacial score (nSPS) is 12.0. The maximum Gasteiger partial charge on any atom is 0.257 e. The lowest BCUT2D eigenvalue weighted by Gasteiger charge is -2.11. The quantitative estimate of drug-likeness (QED) is 0.762. The van der Waals surface area contributed by atoms with Crippen LogP contribution >= 0.6 is 23.2 Å². The molecule has 0 aliphatic heterocycles. The number of benzene rings is 2. The maximum atomic E-state index is 12.2. The van der Waals surface area contributed by atoms with Crippen LogP contribution in [0.4, 0.5) is 5.69 Å². The van der Waals surface area contributed by atoms with E-state index in [2.05, 4.69) is 19.2 Å². The maximum absolute atomic E-state index is 12.2. The van der Waals surface area contributed by atoms with E-state index in [1.54, 1.807) is 18.2 Å². The van der Waals surface area contributed by atoms with Crippen LogP contribution < -0.4 is 5.32 Å². The summed E-state index contributed by atoms with van der Waals surface area (Å²) in [6, 6.07) is 12.7. The molecular formula is C17H17Cl2NO. The van der Waals surface area contributed by atoms with E-state index < -0.39 is 0 Å². The SMILES string of the molecule is CC[C@@H](C)c1ccc(NC(=O)c2ccc(Cl)cc2Cl)cc1. The third kappa shape index (κ3) is 3.99. The topological polar surface area (TPSA) is 29.1 Å². The fourth-order valence-electron chi connectivity index (χ4n) is 2.00. The molecule has 0 aliphatic rings. The van der Waals surface area contributed by atoms with Crippen LogP contribution in [0.25, 0.3) is 0 Å². The van der Waals surface area contributed by atoms with Gasteiger partial charge in [-0.25, -0.2) is 0 Å². The van der Waals surface area contributed by atoms with E-state index >= 15 is 0 Å². The Morgan fingerprint density at radius 3 is 2.38 bits per heavy atom. The predicted molar refractivity (Wildman–Crippen MR) is 89.6 cm³/mol. The molecule has 2 nitrogen and oxygen atoms in total. The molecule has 4 heteroatoms. The van der Waals surface area contributed by atoms with Crippen LogP contribution in [0.15, 0.2) is 42.5 Å². The van der Waals surface area contributed by atoms with Gasteiger partial charge in [0.2, 0.25) is 0 Å². The minimum Gasteiger partial charge on any atom is -0.322 e. The Labute approximate surface area is 135 Å². The Bertz CT molecular complexity index is 638. The molecule has 1 atom stereocenters. The van der Waals surface area contributed by atoms with Gasteiger partial charge in [0.25, 0.3) is 5.91 Å². The van der Waals surface area contributed by atoms with E-state index in [-0.39, 0.29) is 5.91 Å². The molecule has 0 fully saturated rings. The highest BCUT2D eigenvalue weighted by Gasteiger charge is 2.11. The Morgan fingerprint density at radius 1 is 1.14 bits per heavy atom. The lowest BCUT2D eigenvalue weighted by atomic mass is 9.98. The minimum atomic E-state index is -0.243. The van der Waals surface area contributed by atoms with E-state index in [4.69, 9.17) is 23.2 Å². The van der Waals surface area contributed by atoms with Gasteiger partial charge < -0.3 is 5.32 Å². The van der Waals surface area contributed by atoms with Crippen molar-refractivity contribution in [2.24, 2.45) is 0 Å². The molecule has 2 aromatic carbocycles. The minimum absolute atomic E-state index is 0.243. The summed E-state index contributed by atoms with van der Waals surface area (Å²) in [6.07, 6.45) is 1.09. The number of hydrogen-bond donors (Lipinski definition) is 1. The van der Waals surface area contributed by atoms with E-state index in [0.29, 0.717) is 21.5 Å². The van der Waals surface area contributed by atoms with Crippen molar-refractivity contribution in [1.82, 2.24) is 0 Å². The highest BCUT2D eigenvalue weighted by molar-refractivity contribution is 6.37. The standard InChI is InChI=1S/C17H17Cl2NO/c1-3-11(2)12-4-7-14(8-5-12)20-17(21)15-9-6-13(18)10-16(15)19/h4-11H,3H2,1-2H3,(H,20,21)/t11-/m1/s1. The summed E-state index contributed by atoms with van der Waals surface area (Å²) in [5.41, 5.74) is 2.42. The first-order valence-corrected chi connectivity index (χ1v) is 7.63. The van der Waals surface area contributed by atoms with Gasteiger partial charge in [0.05, 0.1) is 10.6 Å². The number of hydrogen-bond acceptors (Lipinski definition) is 1. The third-order valence-electron chi connectivity index (χ3n) is 3.53. The van der Waals surface area contributed by atoms with Crippen LogP contribution in [-0.4, -0.2) is 5.91 Å². The number of anilines is 1. The molecule has 0 aliphatic carbocycles. The van der Waals surface area contributed by atoms with Crippen molar-refractivity contribution in [3.05, 3.63) is 63.6 Å². The van der Waals surface area contributed by atoms with Crippen LogP contribution in [0.1, 0.15) is 42.1 Å². The molecule has 0 aromatic heterocycles. The van der Waals surface area contributed by atoms with Crippen LogP contribution in [0.3, 0.4) is 0 Å². The number of amides is 1. The molecule has 0 radical (unpaired) electrons. The molecule has 0 saturated heterocycles. The van der Waals surface area contributed by atoms with Gasteiger partial charge in [-0.1, -0.05) is 49.2 Å². The van der Waals surface area contributed by atoms with Gasteiger partial charge in [0, 0.05) is 10.7 Å². The zero-order chi connectivity index (χ0) is 15.4. The van der Waals surface area contributed by atoms with Crippen LogP contribution in [-0.2, 0) is 0 Å². The Kier molecular flexibility index (Phi) is 5.27. The summed E-state index contributed by atoms with van der Waals surface area (Å²) in [5, 5.41) is 3.69. The van der Waals surface area contributed by atoms with E-state index in [1.165, 1.54) is 5.56 Å². The fraction of sp³-hybridized carbons (Fsp3) is 0.235. The number of nitrogens with one attached hydrogen (secondary N) is 1. The van der Waals surface area contributed by atoms with Crippen molar-refractivity contribution in [3.8, 4) is 0 Å². The van der Waals surface area contributed by atoms with Crippen molar-refractivity contribution < 1.29 is 4.79 Å². The van der Waals surface area contributed by atoms with Gasteiger partial charge in [0.1, 0.15) is 0 Å². The molecule has 0 unspecified atom stereocenters. The third-order valence-corrected chi connectivity index (χ3v) is 4.07. The van der Waals surface area contributed by atoms with Gasteiger partial charge in [-0.05, 0) is 48.2 Å². The highest BCUT2D eigenvalue weighted by atomic mass is 35.5. The van der Waals surface area contributed by atoms with E-state index in [9.17, 15) is 4.79 Å². The second-order valence-electron chi connectivity index (χ2n) is 5.01. The van der Waals surface area contributed by atoms with Crippen LogP contribution in [0.5, 0.6) is 0 Å². The van der Waals surface area contributed by atoms with Gasteiger partial charge in [-0.15, -0.1) is 0 Å². The lowest BCUT2D eigenvalue weighted by Crippen LogP contribution is -2.12. The van der Waals surface area contributed by atoms with Crippen molar-refractivity contribution in [2.45, 2.75) is 26.2 Å². The molecule has 1 amide bonds. The van der Waals surface area contributed by atoms with Crippen molar-refractivity contribution >= 4 is 34.8 Å². The summed E-state index contributed by atoms with van der Waals surface area (Å²) < 4.78 is 0. The molecule has 2 aromatic rings. The zero-order valence-corrected chi connectivity index (χ0v) is 13.5. The molecule has 2 rings (SSSR count). The van der Waals surface area contributed by atoms with Gasteiger partial charge in [-0.3, -0.25) is 4.79 Å². The lowest BCUT2D eigenvalue weighted by molar-refractivity contribution is 0.102. The number of carbonyl (C=O) groups is 1. The first kappa shape index (κ1) is 15.9. The molecule has 21 heavy (non-hydrogen) atoms. The van der Waals surface area contributed by atoms with Gasteiger partial charge in [0.15, 0.2) is 0 Å². The molecule has 1 N–H and O–H groups in total. The molecule has 0 saturated carbocycles. The Hall–Kier alpha value is -1.51. The largest absolute Gasteiger partial charge is 0.322 e. The highest BCUT2D eigenvalue weighted by Crippen LogP contribution is 2.23. The molecule has 0 heterocycles. The molecule has 0 bridgehead atoms. The van der Waals surface area contributed by atoms with Gasteiger partial charge in [-0.2, -0.15) is 0 Å². The summed E-state index contributed by atoms with van der Waals surface area (Å²) in [5.74, 6) is 0.272. The smallest absolute Gasteiger partial charge is 0.257 e.